The van der Waals surface area contributed by atoms with Crippen LogP contribution in [0, 0.1) is 0 Å². The SMILES string of the molecule is O=C(NCCCn1cccc1)c1ccc2c(c1)OCO2. The van der Waals surface area contributed by atoms with Gasteiger partial charge in [-0.05, 0) is 36.8 Å². The number of ether oxygens (including phenoxy) is 2. The Morgan fingerprint density at radius 3 is 2.85 bits per heavy atom. The van der Waals surface area contributed by atoms with E-state index < -0.39 is 0 Å². The smallest absolute Gasteiger partial charge is 0.251 e. The summed E-state index contributed by atoms with van der Waals surface area (Å²) in [6, 6.07) is 9.20. The highest BCUT2D eigenvalue weighted by atomic mass is 16.7. The minimum absolute atomic E-state index is 0.0872. The van der Waals surface area contributed by atoms with Crippen molar-refractivity contribution in [3.8, 4) is 11.5 Å². The first-order valence-electron chi connectivity index (χ1n) is 6.61. The Labute approximate surface area is 117 Å². The summed E-state index contributed by atoms with van der Waals surface area (Å²) >= 11 is 0. The molecule has 1 aromatic heterocycles. The van der Waals surface area contributed by atoms with Crippen molar-refractivity contribution in [3.05, 3.63) is 48.3 Å². The summed E-state index contributed by atoms with van der Waals surface area (Å²) in [4.78, 5) is 12.0. The molecule has 0 unspecified atom stereocenters. The lowest BCUT2D eigenvalue weighted by Crippen LogP contribution is -2.25. The standard InChI is InChI=1S/C15H16N2O3/c18-15(16-6-3-9-17-7-1-2-8-17)12-4-5-13-14(10-12)20-11-19-13/h1-2,4-5,7-8,10H,3,6,9,11H2,(H,16,18). The van der Waals surface area contributed by atoms with E-state index in [9.17, 15) is 4.79 Å². The van der Waals surface area contributed by atoms with Gasteiger partial charge in [-0.15, -0.1) is 0 Å². The van der Waals surface area contributed by atoms with E-state index in [0.717, 1.165) is 13.0 Å². The second-order valence-corrected chi connectivity index (χ2v) is 4.60. The summed E-state index contributed by atoms with van der Waals surface area (Å²) in [5.74, 6) is 1.23. The van der Waals surface area contributed by atoms with E-state index in [4.69, 9.17) is 9.47 Å². The maximum absolute atomic E-state index is 12.0. The maximum Gasteiger partial charge on any atom is 0.251 e. The van der Waals surface area contributed by atoms with Crippen LogP contribution < -0.4 is 14.8 Å². The third-order valence-electron chi connectivity index (χ3n) is 3.18. The van der Waals surface area contributed by atoms with Gasteiger partial charge in [-0.1, -0.05) is 0 Å². The normalized spacial score (nSPS) is 12.4. The van der Waals surface area contributed by atoms with Crippen molar-refractivity contribution in [3.63, 3.8) is 0 Å². The number of aryl methyl sites for hydroxylation is 1. The van der Waals surface area contributed by atoms with Gasteiger partial charge in [-0.2, -0.15) is 0 Å². The maximum atomic E-state index is 12.0. The number of carbonyl (C=O) groups excluding carboxylic acids is 1. The van der Waals surface area contributed by atoms with Gasteiger partial charge in [0.1, 0.15) is 0 Å². The number of carbonyl (C=O) groups is 1. The van der Waals surface area contributed by atoms with Crippen LogP contribution in [0.15, 0.2) is 42.7 Å². The minimum atomic E-state index is -0.0872. The van der Waals surface area contributed by atoms with Crippen molar-refractivity contribution in [1.29, 1.82) is 0 Å². The molecule has 5 nitrogen and oxygen atoms in total. The number of hydrogen-bond acceptors (Lipinski definition) is 3. The molecule has 0 saturated heterocycles. The molecule has 1 aromatic carbocycles. The molecule has 3 rings (SSSR count). The van der Waals surface area contributed by atoms with Crippen LogP contribution in [0.4, 0.5) is 0 Å². The summed E-state index contributed by atoms with van der Waals surface area (Å²) < 4.78 is 12.6. The lowest BCUT2D eigenvalue weighted by Gasteiger charge is -2.06. The zero-order valence-electron chi connectivity index (χ0n) is 11.0. The van der Waals surface area contributed by atoms with Crippen molar-refractivity contribution in [2.45, 2.75) is 13.0 Å². The highest BCUT2D eigenvalue weighted by Gasteiger charge is 2.15. The molecule has 0 fully saturated rings. The Morgan fingerprint density at radius 2 is 2.00 bits per heavy atom. The first kappa shape index (κ1) is 12.6. The third kappa shape index (κ3) is 2.77. The van der Waals surface area contributed by atoms with Crippen LogP contribution in [0.1, 0.15) is 16.8 Å². The molecule has 1 aliphatic rings. The zero-order valence-corrected chi connectivity index (χ0v) is 11.0. The van der Waals surface area contributed by atoms with Crippen molar-refractivity contribution in [2.24, 2.45) is 0 Å². The van der Waals surface area contributed by atoms with Crippen LogP contribution in [0.25, 0.3) is 0 Å². The molecule has 1 N–H and O–H groups in total. The van der Waals surface area contributed by atoms with Crippen molar-refractivity contribution >= 4 is 5.91 Å². The molecule has 0 bridgehead atoms. The largest absolute Gasteiger partial charge is 0.454 e. The van der Waals surface area contributed by atoms with Gasteiger partial charge >= 0.3 is 0 Å². The Balaban J connectivity index is 1.49. The lowest BCUT2D eigenvalue weighted by molar-refractivity contribution is 0.0952. The van der Waals surface area contributed by atoms with Crippen LogP contribution >= 0.6 is 0 Å². The summed E-state index contributed by atoms with van der Waals surface area (Å²) in [5.41, 5.74) is 0.593. The van der Waals surface area contributed by atoms with Gasteiger partial charge < -0.3 is 19.4 Å². The zero-order chi connectivity index (χ0) is 13.8. The molecule has 20 heavy (non-hydrogen) atoms. The molecule has 0 aliphatic carbocycles. The number of fused-ring (bicyclic) bond motifs is 1. The van der Waals surface area contributed by atoms with Crippen LogP contribution in [-0.4, -0.2) is 23.8 Å². The third-order valence-corrected chi connectivity index (χ3v) is 3.18. The van der Waals surface area contributed by atoms with E-state index in [1.54, 1.807) is 18.2 Å². The summed E-state index contributed by atoms with van der Waals surface area (Å²) in [5, 5.41) is 2.90. The Morgan fingerprint density at radius 1 is 1.20 bits per heavy atom. The Bertz CT molecular complexity index is 593. The average molecular weight is 272 g/mol. The van der Waals surface area contributed by atoms with Crippen LogP contribution in [0.3, 0.4) is 0 Å². The van der Waals surface area contributed by atoms with E-state index in [2.05, 4.69) is 9.88 Å². The Kier molecular flexibility index (Phi) is 3.58. The number of nitrogens with zero attached hydrogens (tertiary/aromatic N) is 1. The number of amides is 1. The van der Waals surface area contributed by atoms with Crippen molar-refractivity contribution < 1.29 is 14.3 Å². The number of rotatable bonds is 5. The number of aromatic nitrogens is 1. The lowest BCUT2D eigenvalue weighted by atomic mass is 10.2. The molecule has 0 saturated carbocycles. The molecule has 2 aromatic rings. The molecule has 104 valence electrons. The average Bonchev–Trinajstić information content (AvgIpc) is 3.13. The van der Waals surface area contributed by atoms with Gasteiger partial charge in [0.05, 0.1) is 0 Å². The predicted octanol–water partition coefficient (Wildman–Crippen LogP) is 2.04. The quantitative estimate of drug-likeness (QED) is 0.847. The molecule has 1 aliphatic heterocycles. The summed E-state index contributed by atoms with van der Waals surface area (Å²) in [6.07, 6.45) is 4.92. The fraction of sp³-hybridized carbons (Fsp3) is 0.267. The fourth-order valence-corrected chi connectivity index (χ4v) is 2.12. The van der Waals surface area contributed by atoms with Crippen molar-refractivity contribution in [2.75, 3.05) is 13.3 Å². The van der Waals surface area contributed by atoms with Gasteiger partial charge in [-0.25, -0.2) is 0 Å². The Hall–Kier alpha value is -2.43. The summed E-state index contributed by atoms with van der Waals surface area (Å²) in [6.45, 7) is 1.76. The van der Waals surface area contributed by atoms with Gasteiger partial charge in [0, 0.05) is 31.0 Å². The van der Waals surface area contributed by atoms with Crippen molar-refractivity contribution in [1.82, 2.24) is 9.88 Å². The first-order chi connectivity index (χ1) is 9.83. The fourth-order valence-electron chi connectivity index (χ4n) is 2.12. The summed E-state index contributed by atoms with van der Waals surface area (Å²) in [7, 11) is 0. The second kappa shape index (κ2) is 5.69. The van der Waals surface area contributed by atoms with Crippen LogP contribution in [-0.2, 0) is 6.54 Å². The topological polar surface area (TPSA) is 52.5 Å². The molecule has 0 radical (unpaired) electrons. The molecule has 5 heteroatoms. The molecule has 2 heterocycles. The number of benzene rings is 1. The highest BCUT2D eigenvalue weighted by Crippen LogP contribution is 2.32. The van der Waals surface area contributed by atoms with Gasteiger partial charge in [0.25, 0.3) is 5.91 Å². The monoisotopic (exact) mass is 272 g/mol. The molecule has 0 spiro atoms. The number of nitrogens with one attached hydrogen (secondary N) is 1. The molecule has 0 atom stereocenters. The number of hydrogen-bond donors (Lipinski definition) is 1. The first-order valence-corrected chi connectivity index (χ1v) is 6.61. The van der Waals surface area contributed by atoms with E-state index in [0.29, 0.717) is 23.6 Å². The van der Waals surface area contributed by atoms with Gasteiger partial charge in [-0.3, -0.25) is 4.79 Å². The highest BCUT2D eigenvalue weighted by molar-refractivity contribution is 5.94. The van der Waals surface area contributed by atoms with Gasteiger partial charge in [0.2, 0.25) is 6.79 Å². The van der Waals surface area contributed by atoms with Gasteiger partial charge in [0.15, 0.2) is 11.5 Å². The molecular weight excluding hydrogens is 256 g/mol. The predicted molar refractivity (Wildman–Crippen MR) is 73.9 cm³/mol. The van der Waals surface area contributed by atoms with Crippen LogP contribution in [0.2, 0.25) is 0 Å². The van der Waals surface area contributed by atoms with E-state index >= 15 is 0 Å². The van der Waals surface area contributed by atoms with Crippen LogP contribution in [0.5, 0.6) is 11.5 Å². The second-order valence-electron chi connectivity index (χ2n) is 4.60. The van der Waals surface area contributed by atoms with E-state index in [-0.39, 0.29) is 12.7 Å². The minimum Gasteiger partial charge on any atom is -0.454 e. The van der Waals surface area contributed by atoms with E-state index in [1.165, 1.54) is 0 Å². The molecule has 1 amide bonds. The molecular formula is C15H16N2O3. The van der Waals surface area contributed by atoms with E-state index in [1.807, 2.05) is 24.5 Å².